The van der Waals surface area contributed by atoms with E-state index in [0.29, 0.717) is 25.8 Å². The van der Waals surface area contributed by atoms with E-state index in [4.69, 9.17) is 5.73 Å². The Morgan fingerprint density at radius 2 is 1.00 bits per heavy atom. The topological polar surface area (TPSA) is 290 Å². The minimum Gasteiger partial charge on any atom is -0.394 e. The smallest absolute Gasteiger partial charge is 0.245 e. The van der Waals surface area contributed by atoms with Gasteiger partial charge in [0.2, 0.25) is 41.4 Å². The molecular formula is C36H68N8O10. The summed E-state index contributed by atoms with van der Waals surface area (Å²) < 4.78 is 0. The van der Waals surface area contributed by atoms with Gasteiger partial charge >= 0.3 is 0 Å². The van der Waals surface area contributed by atoms with E-state index < -0.39 is 103 Å². The van der Waals surface area contributed by atoms with Crippen LogP contribution in [0.2, 0.25) is 0 Å². The van der Waals surface area contributed by atoms with E-state index in [0.717, 1.165) is 0 Å². The highest BCUT2D eigenvalue weighted by atomic mass is 16.3. The Morgan fingerprint density at radius 1 is 0.537 bits per heavy atom. The number of aliphatic hydroxyl groups excluding tert-OH is 3. The second-order valence-electron chi connectivity index (χ2n) is 15.0. The molecular weight excluding hydrogens is 704 g/mol. The average molecular weight is 773 g/mol. The molecule has 0 aliphatic carbocycles. The predicted octanol–water partition coefficient (Wildman–Crippen LogP) is -2.09. The summed E-state index contributed by atoms with van der Waals surface area (Å²) in [6.45, 7) is 14.0. The van der Waals surface area contributed by atoms with E-state index >= 15 is 0 Å². The van der Waals surface area contributed by atoms with Crippen LogP contribution in [0.1, 0.15) is 94.4 Å². The minimum atomic E-state index is -1.55. The fourth-order valence-corrected chi connectivity index (χ4v) is 5.35. The van der Waals surface area contributed by atoms with E-state index in [2.05, 4.69) is 37.2 Å². The van der Waals surface area contributed by atoms with Crippen LogP contribution in [-0.4, -0.2) is 125 Å². The van der Waals surface area contributed by atoms with Gasteiger partial charge in [-0.05, 0) is 56.4 Å². The quantitative estimate of drug-likeness (QED) is 0.0453. The second-order valence-corrected chi connectivity index (χ2v) is 15.0. The van der Waals surface area contributed by atoms with Crippen LogP contribution in [0.25, 0.3) is 0 Å². The van der Waals surface area contributed by atoms with Crippen LogP contribution >= 0.6 is 0 Å². The van der Waals surface area contributed by atoms with Crippen LogP contribution in [0.3, 0.4) is 0 Å². The Balaban J connectivity index is 5.80. The van der Waals surface area contributed by atoms with Crippen molar-refractivity contribution in [2.45, 2.75) is 137 Å². The number of carbonyl (C=O) groups excluding carboxylic acids is 7. The van der Waals surface area contributed by atoms with Crippen LogP contribution in [0.15, 0.2) is 0 Å². The summed E-state index contributed by atoms with van der Waals surface area (Å²) in [6, 6.07) is -8.05. The molecule has 0 radical (unpaired) electrons. The minimum absolute atomic E-state index is 0.0269. The van der Waals surface area contributed by atoms with Crippen LogP contribution in [0.4, 0.5) is 0 Å². The van der Waals surface area contributed by atoms with Gasteiger partial charge in [-0.25, -0.2) is 0 Å². The third-order valence-corrected chi connectivity index (χ3v) is 8.71. The molecule has 12 N–H and O–H groups in total. The van der Waals surface area contributed by atoms with Crippen molar-refractivity contribution in [1.29, 1.82) is 0 Å². The van der Waals surface area contributed by atoms with Gasteiger partial charge in [-0.1, -0.05) is 61.8 Å². The zero-order chi connectivity index (χ0) is 41.7. The summed E-state index contributed by atoms with van der Waals surface area (Å²) in [5, 5.41) is 47.6. The number of hydrogen-bond acceptors (Lipinski definition) is 11. The highest BCUT2D eigenvalue weighted by Crippen LogP contribution is 2.11. The molecule has 0 aliphatic heterocycles. The van der Waals surface area contributed by atoms with Crippen molar-refractivity contribution in [2.24, 2.45) is 29.4 Å². The summed E-state index contributed by atoms with van der Waals surface area (Å²) in [6.07, 6.45) is 1.75. The van der Waals surface area contributed by atoms with Gasteiger partial charge in [0.05, 0.1) is 25.9 Å². The SMILES string of the molecule is CC[C@@H](C)[C@@H](NC(=O)[C@H](C)NC(=O)CCCN)C(=O)N[C@@H](CO)C(=O)N[C@@H](C(=O)N[C@@H](CO)C(=O)N[C@H](CC(C)C)C(=O)N[C@H](CO)CC(C)C)C(C)C. The van der Waals surface area contributed by atoms with E-state index in [1.807, 2.05) is 27.7 Å². The lowest BCUT2D eigenvalue weighted by Crippen LogP contribution is -2.62. The third kappa shape index (κ3) is 18.4. The Bertz CT molecular complexity index is 1220. The number of hydrogen-bond donors (Lipinski definition) is 11. The molecule has 0 aliphatic rings. The fraction of sp³-hybridized carbons (Fsp3) is 0.806. The molecule has 0 aromatic heterocycles. The summed E-state index contributed by atoms with van der Waals surface area (Å²) >= 11 is 0. The van der Waals surface area contributed by atoms with Gasteiger partial charge in [-0.15, -0.1) is 0 Å². The van der Waals surface area contributed by atoms with Gasteiger partial charge in [0, 0.05) is 6.42 Å². The van der Waals surface area contributed by atoms with E-state index in [9.17, 15) is 48.9 Å². The molecule has 7 amide bonds. The standard InChI is InChI=1S/C36H68N8O10/c1-10-22(8)30(44-31(49)23(9)38-28(48)12-11-13-37)36(54)42-27(18-47)34(52)43-29(21(6)7)35(53)41-26(17-46)33(51)40-25(15-20(4)5)32(50)39-24(16-45)14-19(2)3/h19-27,29-30,45-47H,10-18,37H2,1-9H3,(H,38,48)(H,39,50)(H,40,51)(H,41,53)(H,42,54)(H,43,52)(H,44,49)/t22-,23+,24+,25-,26+,27+,29-,30-/m1/s1. The lowest BCUT2D eigenvalue weighted by Gasteiger charge is -2.29. The van der Waals surface area contributed by atoms with Crippen molar-refractivity contribution >= 4 is 41.4 Å². The molecule has 0 bridgehead atoms. The number of aliphatic hydroxyl groups is 3. The van der Waals surface area contributed by atoms with Crippen LogP contribution in [0, 0.1) is 23.7 Å². The summed E-state index contributed by atoms with van der Waals surface area (Å²) in [5.41, 5.74) is 5.43. The van der Waals surface area contributed by atoms with Gasteiger partial charge in [-0.3, -0.25) is 33.6 Å². The Hall–Kier alpha value is -3.87. The van der Waals surface area contributed by atoms with E-state index in [1.54, 1.807) is 27.7 Å². The van der Waals surface area contributed by atoms with E-state index in [1.165, 1.54) is 6.92 Å². The largest absolute Gasteiger partial charge is 0.394 e. The first-order chi connectivity index (χ1) is 25.3. The fourth-order valence-electron chi connectivity index (χ4n) is 5.35. The lowest BCUT2D eigenvalue weighted by atomic mass is 9.97. The first-order valence-corrected chi connectivity index (χ1v) is 18.9. The highest BCUT2D eigenvalue weighted by molar-refractivity contribution is 5.97. The molecule has 0 saturated heterocycles. The van der Waals surface area contributed by atoms with Crippen molar-refractivity contribution in [3.8, 4) is 0 Å². The Kier molecular flexibility index (Phi) is 24.2. The van der Waals surface area contributed by atoms with Crippen LogP contribution in [0.5, 0.6) is 0 Å². The third-order valence-electron chi connectivity index (χ3n) is 8.71. The molecule has 0 fully saturated rings. The van der Waals surface area contributed by atoms with Gasteiger partial charge < -0.3 is 58.3 Å². The number of amides is 7. The molecule has 0 heterocycles. The van der Waals surface area contributed by atoms with E-state index in [-0.39, 0.29) is 37.2 Å². The molecule has 18 nitrogen and oxygen atoms in total. The molecule has 0 aromatic carbocycles. The summed E-state index contributed by atoms with van der Waals surface area (Å²) in [4.78, 5) is 91.4. The zero-order valence-electron chi connectivity index (χ0n) is 33.5. The second kappa shape index (κ2) is 26.0. The monoisotopic (exact) mass is 773 g/mol. The lowest BCUT2D eigenvalue weighted by molar-refractivity contribution is -0.137. The predicted molar refractivity (Wildman–Crippen MR) is 202 cm³/mol. The molecule has 0 aromatic rings. The Labute approximate surface area is 319 Å². The zero-order valence-corrected chi connectivity index (χ0v) is 33.5. The molecule has 0 unspecified atom stereocenters. The van der Waals surface area contributed by atoms with Crippen molar-refractivity contribution in [2.75, 3.05) is 26.4 Å². The Morgan fingerprint density at radius 3 is 1.44 bits per heavy atom. The number of nitrogens with two attached hydrogens (primary N) is 1. The number of carbonyl (C=O) groups is 7. The summed E-state index contributed by atoms with van der Waals surface area (Å²) in [5.74, 6) is -5.82. The normalized spacial score (nSPS) is 15.9. The van der Waals surface area contributed by atoms with Crippen LogP contribution < -0.4 is 43.0 Å². The van der Waals surface area contributed by atoms with Gasteiger partial charge in [0.15, 0.2) is 0 Å². The van der Waals surface area contributed by atoms with Crippen molar-refractivity contribution < 1.29 is 48.9 Å². The highest BCUT2D eigenvalue weighted by Gasteiger charge is 2.35. The maximum atomic E-state index is 13.4. The molecule has 0 spiro atoms. The first kappa shape index (κ1) is 50.1. The molecule has 0 rings (SSSR count). The maximum Gasteiger partial charge on any atom is 0.245 e. The van der Waals surface area contributed by atoms with Gasteiger partial charge in [0.1, 0.15) is 36.3 Å². The molecule has 0 saturated carbocycles. The summed E-state index contributed by atoms with van der Waals surface area (Å²) in [7, 11) is 0. The van der Waals surface area contributed by atoms with Gasteiger partial charge in [0.25, 0.3) is 0 Å². The van der Waals surface area contributed by atoms with Crippen molar-refractivity contribution in [1.82, 2.24) is 37.2 Å². The molecule has 18 heteroatoms. The van der Waals surface area contributed by atoms with Crippen molar-refractivity contribution in [3.63, 3.8) is 0 Å². The van der Waals surface area contributed by atoms with Crippen molar-refractivity contribution in [3.05, 3.63) is 0 Å². The molecule has 8 atom stereocenters. The average Bonchev–Trinajstić information content (AvgIpc) is 3.10. The molecule has 54 heavy (non-hydrogen) atoms. The molecule has 312 valence electrons. The first-order valence-electron chi connectivity index (χ1n) is 18.9. The number of nitrogens with one attached hydrogen (secondary N) is 7. The van der Waals surface area contributed by atoms with Crippen LogP contribution in [-0.2, 0) is 33.6 Å². The maximum absolute atomic E-state index is 13.4. The number of rotatable bonds is 26. The van der Waals surface area contributed by atoms with Gasteiger partial charge in [-0.2, -0.15) is 0 Å².